The standard InChI is InChI=1S/C13H19N3O3/c1-9(17)15-11-6-5-10(19-2)8-12(11)16-13(18)4-3-7-14/h5-6,8H,3-4,7,14H2,1-2H3,(H,15,17)(H,16,18). The first-order valence-electron chi connectivity index (χ1n) is 6.02. The minimum absolute atomic E-state index is 0.148. The van der Waals surface area contributed by atoms with Gasteiger partial charge in [0.15, 0.2) is 0 Å². The van der Waals surface area contributed by atoms with Crippen molar-refractivity contribution in [2.24, 2.45) is 5.73 Å². The second kappa shape index (κ2) is 7.38. The molecule has 0 heterocycles. The van der Waals surface area contributed by atoms with E-state index < -0.39 is 0 Å². The van der Waals surface area contributed by atoms with Crippen LogP contribution >= 0.6 is 0 Å². The Balaban J connectivity index is 2.87. The molecular formula is C13H19N3O3. The summed E-state index contributed by atoms with van der Waals surface area (Å²) in [5.74, 6) is 0.246. The van der Waals surface area contributed by atoms with Crippen molar-refractivity contribution in [3.63, 3.8) is 0 Å². The summed E-state index contributed by atoms with van der Waals surface area (Å²) in [6, 6.07) is 5.05. The van der Waals surface area contributed by atoms with Crippen LogP contribution in [0.25, 0.3) is 0 Å². The van der Waals surface area contributed by atoms with Gasteiger partial charge in [-0.3, -0.25) is 9.59 Å². The zero-order valence-corrected chi connectivity index (χ0v) is 11.2. The molecule has 0 spiro atoms. The number of carbonyl (C=O) groups excluding carboxylic acids is 2. The van der Waals surface area contributed by atoms with Crippen LogP contribution in [0, 0.1) is 0 Å². The van der Waals surface area contributed by atoms with Gasteiger partial charge in [0.05, 0.1) is 18.5 Å². The minimum atomic E-state index is -0.206. The van der Waals surface area contributed by atoms with E-state index in [9.17, 15) is 9.59 Å². The van der Waals surface area contributed by atoms with E-state index in [1.165, 1.54) is 14.0 Å². The van der Waals surface area contributed by atoms with Gasteiger partial charge in [0.1, 0.15) is 5.75 Å². The monoisotopic (exact) mass is 265 g/mol. The Morgan fingerprint density at radius 1 is 1.26 bits per heavy atom. The summed E-state index contributed by atoms with van der Waals surface area (Å²) < 4.78 is 5.09. The predicted molar refractivity (Wildman–Crippen MR) is 74.2 cm³/mol. The molecule has 0 aliphatic heterocycles. The predicted octanol–water partition coefficient (Wildman–Crippen LogP) is 1.33. The molecule has 0 aliphatic rings. The first-order valence-corrected chi connectivity index (χ1v) is 6.02. The molecule has 1 aromatic rings. The number of nitrogens with two attached hydrogens (primary N) is 1. The van der Waals surface area contributed by atoms with Crippen LogP contribution in [0.1, 0.15) is 19.8 Å². The van der Waals surface area contributed by atoms with E-state index in [4.69, 9.17) is 10.5 Å². The molecule has 0 radical (unpaired) electrons. The lowest BCUT2D eigenvalue weighted by Gasteiger charge is -2.13. The zero-order chi connectivity index (χ0) is 14.3. The molecule has 0 aromatic heterocycles. The number of ether oxygens (including phenoxy) is 1. The summed E-state index contributed by atoms with van der Waals surface area (Å²) in [7, 11) is 1.54. The summed E-state index contributed by atoms with van der Waals surface area (Å²) in [5.41, 5.74) is 6.40. The third kappa shape index (κ3) is 4.97. The number of hydrogen-bond acceptors (Lipinski definition) is 4. The van der Waals surface area contributed by atoms with Gasteiger partial charge in [0, 0.05) is 19.4 Å². The van der Waals surface area contributed by atoms with Crippen LogP contribution in [0.4, 0.5) is 11.4 Å². The van der Waals surface area contributed by atoms with E-state index in [1.54, 1.807) is 18.2 Å². The third-order valence-electron chi connectivity index (χ3n) is 2.42. The first kappa shape index (κ1) is 15.0. The van der Waals surface area contributed by atoms with Gasteiger partial charge in [0.25, 0.3) is 0 Å². The smallest absolute Gasteiger partial charge is 0.224 e. The highest BCUT2D eigenvalue weighted by atomic mass is 16.5. The summed E-state index contributed by atoms with van der Waals surface area (Å²) in [4.78, 5) is 22.8. The van der Waals surface area contributed by atoms with E-state index in [2.05, 4.69) is 10.6 Å². The largest absolute Gasteiger partial charge is 0.497 e. The fourth-order valence-electron chi connectivity index (χ4n) is 1.53. The van der Waals surface area contributed by atoms with Gasteiger partial charge in [-0.05, 0) is 25.1 Å². The highest BCUT2D eigenvalue weighted by Crippen LogP contribution is 2.27. The molecule has 0 atom stereocenters. The van der Waals surface area contributed by atoms with Gasteiger partial charge in [-0.25, -0.2) is 0 Å². The van der Waals surface area contributed by atoms with Crippen LogP contribution in [0.2, 0.25) is 0 Å². The van der Waals surface area contributed by atoms with Crippen molar-refractivity contribution in [1.29, 1.82) is 0 Å². The Labute approximate surface area is 112 Å². The maximum Gasteiger partial charge on any atom is 0.224 e. The molecule has 0 fully saturated rings. The zero-order valence-electron chi connectivity index (χ0n) is 11.2. The molecular weight excluding hydrogens is 246 g/mol. The molecule has 6 nitrogen and oxygen atoms in total. The van der Waals surface area contributed by atoms with E-state index in [-0.39, 0.29) is 11.8 Å². The summed E-state index contributed by atoms with van der Waals surface area (Å²) in [6.45, 7) is 1.87. The molecule has 6 heteroatoms. The van der Waals surface area contributed by atoms with Crippen LogP contribution in [0.15, 0.2) is 18.2 Å². The van der Waals surface area contributed by atoms with Crippen molar-refractivity contribution in [3.8, 4) is 5.75 Å². The van der Waals surface area contributed by atoms with Crippen LogP contribution in [-0.2, 0) is 9.59 Å². The number of methoxy groups -OCH3 is 1. The summed E-state index contributed by atoms with van der Waals surface area (Å²) in [6.07, 6.45) is 0.957. The van der Waals surface area contributed by atoms with Crippen molar-refractivity contribution in [3.05, 3.63) is 18.2 Å². The molecule has 104 valence electrons. The molecule has 0 bridgehead atoms. The molecule has 0 saturated heterocycles. The molecule has 0 unspecified atom stereocenters. The third-order valence-corrected chi connectivity index (χ3v) is 2.42. The van der Waals surface area contributed by atoms with Crippen LogP contribution in [-0.4, -0.2) is 25.5 Å². The van der Waals surface area contributed by atoms with Crippen molar-refractivity contribution >= 4 is 23.2 Å². The van der Waals surface area contributed by atoms with E-state index in [0.717, 1.165) is 0 Å². The fraction of sp³-hybridized carbons (Fsp3) is 0.385. The number of anilines is 2. The average Bonchev–Trinajstić information content (AvgIpc) is 2.37. The SMILES string of the molecule is COc1ccc(NC(C)=O)c(NC(=O)CCCN)c1. The second-order valence-corrected chi connectivity index (χ2v) is 4.03. The van der Waals surface area contributed by atoms with E-state index in [0.29, 0.717) is 36.5 Å². The minimum Gasteiger partial charge on any atom is -0.497 e. The topological polar surface area (TPSA) is 93.5 Å². The molecule has 1 rings (SSSR count). The van der Waals surface area contributed by atoms with Gasteiger partial charge in [-0.1, -0.05) is 0 Å². The number of carbonyl (C=O) groups is 2. The maximum absolute atomic E-state index is 11.7. The lowest BCUT2D eigenvalue weighted by atomic mass is 10.2. The number of rotatable bonds is 6. The first-order chi connectivity index (χ1) is 9.06. The molecule has 0 saturated carbocycles. The Morgan fingerprint density at radius 3 is 2.58 bits per heavy atom. The Morgan fingerprint density at radius 2 is 2.00 bits per heavy atom. The number of benzene rings is 1. The van der Waals surface area contributed by atoms with E-state index >= 15 is 0 Å². The number of amides is 2. The second-order valence-electron chi connectivity index (χ2n) is 4.03. The summed E-state index contributed by atoms with van der Waals surface area (Å²) in [5, 5.41) is 5.39. The lowest BCUT2D eigenvalue weighted by Crippen LogP contribution is -2.16. The number of nitrogens with one attached hydrogen (secondary N) is 2. The van der Waals surface area contributed by atoms with Gasteiger partial charge >= 0.3 is 0 Å². The van der Waals surface area contributed by atoms with Gasteiger partial charge in [-0.15, -0.1) is 0 Å². The highest BCUT2D eigenvalue weighted by molar-refractivity contribution is 5.99. The molecule has 19 heavy (non-hydrogen) atoms. The molecule has 1 aromatic carbocycles. The van der Waals surface area contributed by atoms with Crippen LogP contribution in [0.3, 0.4) is 0 Å². The van der Waals surface area contributed by atoms with Crippen molar-refractivity contribution < 1.29 is 14.3 Å². The van der Waals surface area contributed by atoms with Crippen molar-refractivity contribution in [2.45, 2.75) is 19.8 Å². The molecule has 2 amide bonds. The lowest BCUT2D eigenvalue weighted by molar-refractivity contribution is -0.116. The molecule has 4 N–H and O–H groups in total. The van der Waals surface area contributed by atoms with Crippen molar-refractivity contribution in [1.82, 2.24) is 0 Å². The fourth-order valence-corrected chi connectivity index (χ4v) is 1.53. The Bertz CT molecular complexity index is 460. The van der Waals surface area contributed by atoms with Gasteiger partial charge in [0.2, 0.25) is 11.8 Å². The normalized spacial score (nSPS) is 9.84. The average molecular weight is 265 g/mol. The van der Waals surface area contributed by atoms with Crippen LogP contribution in [0.5, 0.6) is 5.75 Å². The van der Waals surface area contributed by atoms with Gasteiger partial charge < -0.3 is 21.1 Å². The maximum atomic E-state index is 11.7. The van der Waals surface area contributed by atoms with Crippen LogP contribution < -0.4 is 21.1 Å². The van der Waals surface area contributed by atoms with E-state index in [1.807, 2.05) is 0 Å². The number of hydrogen-bond donors (Lipinski definition) is 3. The van der Waals surface area contributed by atoms with Gasteiger partial charge in [-0.2, -0.15) is 0 Å². The highest BCUT2D eigenvalue weighted by Gasteiger charge is 2.09. The Kier molecular flexibility index (Phi) is 5.81. The quantitative estimate of drug-likeness (QED) is 0.723. The molecule has 0 aliphatic carbocycles. The Hall–Kier alpha value is -2.08. The van der Waals surface area contributed by atoms with Crippen molar-refractivity contribution in [2.75, 3.05) is 24.3 Å². The summed E-state index contributed by atoms with van der Waals surface area (Å²) >= 11 is 0.